The number of nitrogens with one attached hydrogen (secondary N) is 1. The molecule has 108 valence electrons. The van der Waals surface area contributed by atoms with Gasteiger partial charge in [-0.05, 0) is 31.0 Å². The van der Waals surface area contributed by atoms with Crippen LogP contribution < -0.4 is 5.32 Å². The number of hydrogen-bond acceptors (Lipinski definition) is 2. The molecule has 1 aliphatic rings. The van der Waals surface area contributed by atoms with Gasteiger partial charge in [0.15, 0.2) is 0 Å². The van der Waals surface area contributed by atoms with Crippen molar-refractivity contribution in [2.24, 2.45) is 5.92 Å². The topological polar surface area (TPSA) is 69.6 Å². The lowest BCUT2D eigenvalue weighted by Crippen LogP contribution is -2.44. The minimum atomic E-state index is -0.867. The van der Waals surface area contributed by atoms with Crippen molar-refractivity contribution in [1.29, 1.82) is 0 Å². The van der Waals surface area contributed by atoms with E-state index in [0.717, 1.165) is 0 Å². The Labute approximate surface area is 126 Å². The number of aliphatic carboxylic acids is 1. The van der Waals surface area contributed by atoms with Crippen LogP contribution in [0, 0.1) is 5.92 Å². The van der Waals surface area contributed by atoms with Gasteiger partial charge in [0.2, 0.25) is 0 Å². The lowest BCUT2D eigenvalue weighted by atomic mass is 9.99. The fourth-order valence-corrected chi connectivity index (χ4v) is 2.72. The minimum absolute atomic E-state index is 0.218. The van der Waals surface area contributed by atoms with Crippen LogP contribution in [0.5, 0.6) is 0 Å². The zero-order chi connectivity index (χ0) is 14.7. The number of carbonyl (C=O) groups is 2. The maximum atomic E-state index is 12.1. The Morgan fingerprint density at radius 2 is 1.90 bits per heavy atom. The Morgan fingerprint density at radius 1 is 1.25 bits per heavy atom. The highest BCUT2D eigenvalue weighted by Gasteiger charge is 2.28. The van der Waals surface area contributed by atoms with E-state index in [1.165, 1.54) is 4.90 Å². The number of benzene rings is 1. The molecule has 2 rings (SSSR count). The van der Waals surface area contributed by atoms with Gasteiger partial charge in [-0.15, -0.1) is 0 Å². The molecule has 2 amide bonds. The molecule has 0 saturated carbocycles. The number of urea groups is 1. The zero-order valence-electron chi connectivity index (χ0n) is 10.6. The third-order valence-corrected chi connectivity index (χ3v) is 3.61. The van der Waals surface area contributed by atoms with Crippen LogP contribution in [-0.4, -0.2) is 35.1 Å². The average Bonchev–Trinajstić information content (AvgIpc) is 2.37. The summed E-state index contributed by atoms with van der Waals surface area (Å²) >= 11 is 11.7. The molecule has 0 spiro atoms. The van der Waals surface area contributed by atoms with Crippen molar-refractivity contribution < 1.29 is 14.7 Å². The second kappa shape index (κ2) is 6.33. The summed E-state index contributed by atoms with van der Waals surface area (Å²) in [7, 11) is 0. The summed E-state index contributed by atoms with van der Waals surface area (Å²) in [6, 6.07) is 4.41. The zero-order valence-corrected chi connectivity index (χ0v) is 12.1. The molecule has 2 N–H and O–H groups in total. The molecule has 1 atom stereocenters. The van der Waals surface area contributed by atoms with E-state index in [0.29, 0.717) is 35.1 Å². The van der Waals surface area contributed by atoms with Gasteiger partial charge in [-0.25, -0.2) is 4.79 Å². The predicted octanol–water partition coefficient (Wildman–Crippen LogP) is 3.32. The first-order valence-electron chi connectivity index (χ1n) is 6.20. The van der Waals surface area contributed by atoms with Crippen LogP contribution >= 0.6 is 23.2 Å². The molecule has 0 radical (unpaired) electrons. The number of nitrogens with zero attached hydrogens (tertiary/aromatic N) is 1. The fourth-order valence-electron chi connectivity index (χ4n) is 2.19. The maximum absolute atomic E-state index is 12.1. The standard InChI is InChI=1S/C13H14Cl2N2O3/c14-9-4-10(15)6-11(5-9)16-13(20)17-3-1-2-8(7-17)12(18)19/h4-6,8H,1-3,7H2,(H,16,20)(H,18,19)/t8-/m0/s1. The number of halogens is 2. The molecule has 1 heterocycles. The van der Waals surface area contributed by atoms with Crippen molar-refractivity contribution in [2.45, 2.75) is 12.8 Å². The van der Waals surface area contributed by atoms with Crippen LogP contribution in [0.4, 0.5) is 10.5 Å². The molecule has 20 heavy (non-hydrogen) atoms. The SMILES string of the molecule is O=C(O)[C@H]1CCCN(C(=O)Nc2cc(Cl)cc(Cl)c2)C1. The van der Waals surface area contributed by atoms with Crippen LogP contribution in [0.3, 0.4) is 0 Å². The van der Waals surface area contributed by atoms with Gasteiger partial charge >= 0.3 is 12.0 Å². The smallest absolute Gasteiger partial charge is 0.321 e. The normalized spacial score (nSPS) is 18.7. The predicted molar refractivity (Wildman–Crippen MR) is 77.4 cm³/mol. The summed E-state index contributed by atoms with van der Waals surface area (Å²) < 4.78 is 0. The van der Waals surface area contributed by atoms with Gasteiger partial charge in [-0.1, -0.05) is 23.2 Å². The lowest BCUT2D eigenvalue weighted by Gasteiger charge is -2.30. The molecule has 1 saturated heterocycles. The van der Waals surface area contributed by atoms with E-state index in [-0.39, 0.29) is 12.6 Å². The first-order valence-corrected chi connectivity index (χ1v) is 6.96. The monoisotopic (exact) mass is 316 g/mol. The summed E-state index contributed by atoms with van der Waals surface area (Å²) in [6.45, 7) is 0.763. The first kappa shape index (κ1) is 14.9. The largest absolute Gasteiger partial charge is 0.481 e. The quantitative estimate of drug-likeness (QED) is 0.879. The van der Waals surface area contributed by atoms with E-state index in [2.05, 4.69) is 5.32 Å². The van der Waals surface area contributed by atoms with Crippen molar-refractivity contribution in [3.63, 3.8) is 0 Å². The Bertz CT molecular complexity index is 516. The number of carboxylic acid groups (broad SMARTS) is 1. The number of carbonyl (C=O) groups excluding carboxylic acids is 1. The fraction of sp³-hybridized carbons (Fsp3) is 0.385. The number of hydrogen-bond donors (Lipinski definition) is 2. The molecular weight excluding hydrogens is 303 g/mol. The summed E-state index contributed by atoms with van der Waals surface area (Å²) in [5.74, 6) is -1.37. The highest BCUT2D eigenvalue weighted by atomic mass is 35.5. The molecular formula is C13H14Cl2N2O3. The third kappa shape index (κ3) is 3.77. The van der Waals surface area contributed by atoms with E-state index in [4.69, 9.17) is 28.3 Å². The van der Waals surface area contributed by atoms with Gasteiger partial charge < -0.3 is 15.3 Å². The van der Waals surface area contributed by atoms with Crippen LogP contribution in [0.25, 0.3) is 0 Å². The van der Waals surface area contributed by atoms with Crippen LogP contribution in [0.15, 0.2) is 18.2 Å². The molecule has 1 aliphatic heterocycles. The molecule has 0 aliphatic carbocycles. The first-order chi connectivity index (χ1) is 9.45. The second-order valence-corrected chi connectivity index (χ2v) is 5.58. The van der Waals surface area contributed by atoms with Gasteiger partial charge in [0, 0.05) is 28.8 Å². The average molecular weight is 317 g/mol. The van der Waals surface area contributed by atoms with Gasteiger partial charge in [0.25, 0.3) is 0 Å². The Kier molecular flexibility index (Phi) is 4.73. The summed E-state index contributed by atoms with van der Waals surface area (Å²) in [6.07, 6.45) is 1.28. The van der Waals surface area contributed by atoms with E-state index in [9.17, 15) is 9.59 Å². The summed E-state index contributed by atoms with van der Waals surface area (Å²) in [4.78, 5) is 24.6. The molecule has 1 aromatic rings. The van der Waals surface area contributed by atoms with Gasteiger partial charge in [-0.2, -0.15) is 0 Å². The van der Waals surface area contributed by atoms with Crippen LogP contribution in [-0.2, 0) is 4.79 Å². The Hall–Kier alpha value is -1.46. The Balaban J connectivity index is 2.02. The highest BCUT2D eigenvalue weighted by molar-refractivity contribution is 6.35. The van der Waals surface area contributed by atoms with E-state index in [1.54, 1.807) is 18.2 Å². The third-order valence-electron chi connectivity index (χ3n) is 3.17. The van der Waals surface area contributed by atoms with Crippen molar-refractivity contribution in [3.8, 4) is 0 Å². The van der Waals surface area contributed by atoms with E-state index in [1.807, 2.05) is 0 Å². The molecule has 1 aromatic carbocycles. The van der Waals surface area contributed by atoms with E-state index >= 15 is 0 Å². The Morgan fingerprint density at radius 3 is 2.50 bits per heavy atom. The lowest BCUT2D eigenvalue weighted by molar-refractivity contribution is -0.143. The van der Waals surface area contributed by atoms with Crippen LogP contribution in [0.1, 0.15) is 12.8 Å². The summed E-state index contributed by atoms with van der Waals surface area (Å²) in [5.41, 5.74) is 0.491. The van der Waals surface area contributed by atoms with Gasteiger partial charge in [0.1, 0.15) is 0 Å². The second-order valence-electron chi connectivity index (χ2n) is 4.71. The minimum Gasteiger partial charge on any atom is -0.481 e. The van der Waals surface area contributed by atoms with Gasteiger partial charge in [0.05, 0.1) is 5.92 Å². The molecule has 5 nitrogen and oxygen atoms in total. The number of piperidine rings is 1. The van der Waals surface area contributed by atoms with Gasteiger partial charge in [-0.3, -0.25) is 4.79 Å². The molecule has 1 fully saturated rings. The number of amides is 2. The van der Waals surface area contributed by atoms with E-state index < -0.39 is 11.9 Å². The molecule has 0 unspecified atom stereocenters. The number of carboxylic acids is 1. The summed E-state index contributed by atoms with van der Waals surface area (Å²) in [5, 5.41) is 12.5. The molecule has 0 bridgehead atoms. The number of anilines is 1. The van der Waals surface area contributed by atoms with Crippen molar-refractivity contribution in [1.82, 2.24) is 4.90 Å². The maximum Gasteiger partial charge on any atom is 0.321 e. The molecule has 7 heteroatoms. The molecule has 0 aromatic heterocycles. The van der Waals surface area contributed by atoms with Crippen molar-refractivity contribution in [3.05, 3.63) is 28.2 Å². The highest BCUT2D eigenvalue weighted by Crippen LogP contribution is 2.23. The number of likely N-dealkylation sites (tertiary alicyclic amines) is 1. The number of rotatable bonds is 2. The van der Waals surface area contributed by atoms with Crippen molar-refractivity contribution >= 4 is 40.9 Å². The van der Waals surface area contributed by atoms with Crippen molar-refractivity contribution in [2.75, 3.05) is 18.4 Å². The van der Waals surface area contributed by atoms with Crippen LogP contribution in [0.2, 0.25) is 10.0 Å².